The van der Waals surface area contributed by atoms with Crippen LogP contribution >= 0.6 is 0 Å². The molecule has 5 rings (SSSR count). The number of anilines is 1. The SMILES string of the molecule is Cc1cc(-c2ccn3nc(NC(=O)C4CC4)cc3c2)c(OC2CCC(O)CC2)cn1. The molecule has 0 unspecified atom stereocenters. The summed E-state index contributed by atoms with van der Waals surface area (Å²) in [5.41, 5.74) is 3.82. The second-order valence-electron chi connectivity index (χ2n) is 8.45. The highest BCUT2D eigenvalue weighted by molar-refractivity contribution is 5.93. The largest absolute Gasteiger partial charge is 0.488 e. The molecule has 3 aromatic rings. The van der Waals surface area contributed by atoms with Crippen LogP contribution in [0.4, 0.5) is 5.82 Å². The third-order valence-corrected chi connectivity index (χ3v) is 5.92. The molecule has 30 heavy (non-hydrogen) atoms. The molecule has 1 amide bonds. The summed E-state index contributed by atoms with van der Waals surface area (Å²) in [4.78, 5) is 16.5. The topological polar surface area (TPSA) is 88.8 Å². The van der Waals surface area contributed by atoms with Gasteiger partial charge in [0.1, 0.15) is 5.75 Å². The molecule has 0 aromatic carbocycles. The summed E-state index contributed by atoms with van der Waals surface area (Å²) in [6.45, 7) is 1.97. The van der Waals surface area contributed by atoms with Gasteiger partial charge in [-0.05, 0) is 69.2 Å². The zero-order valence-corrected chi connectivity index (χ0v) is 17.0. The lowest BCUT2D eigenvalue weighted by Gasteiger charge is -2.27. The van der Waals surface area contributed by atoms with Crippen LogP contribution < -0.4 is 10.1 Å². The molecule has 7 heteroatoms. The van der Waals surface area contributed by atoms with E-state index in [0.717, 1.165) is 66.6 Å². The van der Waals surface area contributed by atoms with Crippen molar-refractivity contribution in [3.8, 4) is 16.9 Å². The van der Waals surface area contributed by atoms with Gasteiger partial charge >= 0.3 is 0 Å². The molecule has 2 saturated carbocycles. The van der Waals surface area contributed by atoms with Gasteiger partial charge in [-0.3, -0.25) is 9.78 Å². The molecule has 0 saturated heterocycles. The summed E-state index contributed by atoms with van der Waals surface area (Å²) >= 11 is 0. The number of aromatic nitrogens is 3. The van der Waals surface area contributed by atoms with Crippen LogP contribution in [-0.2, 0) is 4.79 Å². The third kappa shape index (κ3) is 4.03. The fourth-order valence-corrected chi connectivity index (χ4v) is 4.01. The second kappa shape index (κ2) is 7.72. The van der Waals surface area contributed by atoms with Crippen LogP contribution in [0.5, 0.6) is 5.75 Å². The summed E-state index contributed by atoms with van der Waals surface area (Å²) in [6, 6.07) is 7.97. The van der Waals surface area contributed by atoms with Crippen molar-refractivity contribution in [3.63, 3.8) is 0 Å². The molecule has 2 aliphatic carbocycles. The Bertz CT molecular complexity index is 1080. The zero-order chi connectivity index (χ0) is 20.7. The van der Waals surface area contributed by atoms with E-state index in [4.69, 9.17) is 4.74 Å². The summed E-state index contributed by atoms with van der Waals surface area (Å²) in [6.07, 6.45) is 8.75. The Kier molecular flexibility index (Phi) is 4.90. The van der Waals surface area contributed by atoms with Crippen LogP contribution in [0, 0.1) is 12.8 Å². The van der Waals surface area contributed by atoms with Crippen molar-refractivity contribution in [1.29, 1.82) is 0 Å². The first-order chi connectivity index (χ1) is 14.5. The predicted molar refractivity (Wildman–Crippen MR) is 113 cm³/mol. The smallest absolute Gasteiger partial charge is 0.228 e. The number of pyridine rings is 2. The quantitative estimate of drug-likeness (QED) is 0.674. The normalized spacial score (nSPS) is 21.5. The highest BCUT2D eigenvalue weighted by Crippen LogP contribution is 2.34. The van der Waals surface area contributed by atoms with Crippen LogP contribution in [-0.4, -0.2) is 37.8 Å². The number of aliphatic hydroxyl groups is 1. The van der Waals surface area contributed by atoms with E-state index in [9.17, 15) is 9.90 Å². The van der Waals surface area contributed by atoms with Gasteiger partial charge in [-0.15, -0.1) is 0 Å². The van der Waals surface area contributed by atoms with Crippen LogP contribution in [0.1, 0.15) is 44.2 Å². The van der Waals surface area contributed by atoms with Crippen LogP contribution in [0.15, 0.2) is 36.7 Å². The molecule has 3 heterocycles. The number of nitrogens with zero attached hydrogens (tertiary/aromatic N) is 3. The highest BCUT2D eigenvalue weighted by Gasteiger charge is 2.30. The van der Waals surface area contributed by atoms with Crippen LogP contribution in [0.2, 0.25) is 0 Å². The average molecular weight is 406 g/mol. The fraction of sp³-hybridized carbons (Fsp3) is 0.435. The van der Waals surface area contributed by atoms with Gasteiger partial charge in [0.25, 0.3) is 0 Å². The van der Waals surface area contributed by atoms with E-state index < -0.39 is 0 Å². The number of carbonyl (C=O) groups excluding carboxylic acids is 1. The fourth-order valence-electron chi connectivity index (χ4n) is 4.01. The van der Waals surface area contributed by atoms with E-state index in [1.165, 1.54) is 0 Å². The van der Waals surface area contributed by atoms with Gasteiger partial charge in [0.05, 0.1) is 23.9 Å². The van der Waals surface area contributed by atoms with E-state index in [0.29, 0.717) is 5.82 Å². The van der Waals surface area contributed by atoms with Crippen molar-refractivity contribution in [2.75, 3.05) is 5.32 Å². The Balaban J connectivity index is 1.42. The molecule has 0 atom stereocenters. The lowest BCUT2D eigenvalue weighted by molar-refractivity contribution is -0.117. The summed E-state index contributed by atoms with van der Waals surface area (Å²) in [7, 11) is 0. The molecule has 2 N–H and O–H groups in total. The molecule has 0 spiro atoms. The molecule has 2 aliphatic rings. The summed E-state index contributed by atoms with van der Waals surface area (Å²) in [5, 5.41) is 17.1. The minimum atomic E-state index is -0.209. The summed E-state index contributed by atoms with van der Waals surface area (Å²) in [5.74, 6) is 1.53. The standard InChI is InChI=1S/C23H26N4O3/c1-14-10-20(21(13-24-14)30-19-6-4-18(28)5-7-19)16-8-9-27-17(11-16)12-22(26-27)25-23(29)15-2-3-15/h8-13,15,18-19,28H,2-7H2,1H3,(H,25,26,29). The van der Waals surface area contributed by atoms with Crippen LogP contribution in [0.3, 0.4) is 0 Å². The number of nitrogens with one attached hydrogen (secondary N) is 1. The summed E-state index contributed by atoms with van der Waals surface area (Å²) < 4.78 is 8.06. The molecular weight excluding hydrogens is 380 g/mol. The number of fused-ring (bicyclic) bond motifs is 1. The predicted octanol–water partition coefficient (Wildman–Crippen LogP) is 3.74. The molecule has 0 aliphatic heterocycles. The second-order valence-corrected chi connectivity index (χ2v) is 8.45. The van der Waals surface area contributed by atoms with E-state index in [-0.39, 0.29) is 24.0 Å². The van der Waals surface area contributed by atoms with E-state index in [1.807, 2.05) is 37.4 Å². The van der Waals surface area contributed by atoms with Crippen molar-refractivity contribution in [2.45, 2.75) is 57.7 Å². The van der Waals surface area contributed by atoms with Crippen molar-refractivity contribution in [2.24, 2.45) is 5.92 Å². The van der Waals surface area contributed by atoms with Gasteiger partial charge in [0, 0.05) is 29.4 Å². The first-order valence-corrected chi connectivity index (χ1v) is 10.7. The number of ether oxygens (including phenoxy) is 1. The monoisotopic (exact) mass is 406 g/mol. The first kappa shape index (κ1) is 19.1. The molecule has 2 fully saturated rings. The Labute approximate surface area is 175 Å². The van der Waals surface area contributed by atoms with Crippen molar-refractivity contribution in [3.05, 3.63) is 42.4 Å². The van der Waals surface area contributed by atoms with E-state index in [1.54, 1.807) is 10.7 Å². The Morgan fingerprint density at radius 3 is 2.73 bits per heavy atom. The molecule has 3 aromatic heterocycles. The number of aryl methyl sites for hydroxylation is 1. The maximum atomic E-state index is 12.0. The molecule has 0 radical (unpaired) electrons. The van der Waals surface area contributed by atoms with Gasteiger partial charge < -0.3 is 15.2 Å². The highest BCUT2D eigenvalue weighted by atomic mass is 16.5. The minimum Gasteiger partial charge on any atom is -0.488 e. The van der Waals surface area contributed by atoms with Crippen molar-refractivity contribution >= 4 is 17.2 Å². The first-order valence-electron chi connectivity index (χ1n) is 10.7. The molecule has 156 valence electrons. The van der Waals surface area contributed by atoms with Gasteiger partial charge in [0.2, 0.25) is 5.91 Å². The van der Waals surface area contributed by atoms with Gasteiger partial charge in [0.15, 0.2) is 5.82 Å². The lowest BCUT2D eigenvalue weighted by Crippen LogP contribution is -2.26. The molecular formula is C23H26N4O3. The number of carbonyl (C=O) groups is 1. The number of hydrogen-bond acceptors (Lipinski definition) is 5. The molecule has 7 nitrogen and oxygen atoms in total. The Morgan fingerprint density at radius 2 is 1.97 bits per heavy atom. The number of rotatable bonds is 5. The Hall–Kier alpha value is -2.93. The average Bonchev–Trinajstić information content (AvgIpc) is 3.51. The van der Waals surface area contributed by atoms with E-state index in [2.05, 4.69) is 15.4 Å². The Morgan fingerprint density at radius 1 is 1.17 bits per heavy atom. The van der Waals surface area contributed by atoms with Crippen molar-refractivity contribution in [1.82, 2.24) is 14.6 Å². The minimum absolute atomic E-state index is 0.0525. The number of amides is 1. The maximum absolute atomic E-state index is 12.0. The van der Waals surface area contributed by atoms with Crippen molar-refractivity contribution < 1.29 is 14.6 Å². The van der Waals surface area contributed by atoms with Gasteiger partial charge in [-0.25, -0.2) is 4.52 Å². The lowest BCUT2D eigenvalue weighted by atomic mass is 9.95. The van der Waals surface area contributed by atoms with E-state index >= 15 is 0 Å². The molecule has 0 bridgehead atoms. The van der Waals surface area contributed by atoms with Gasteiger partial charge in [-0.1, -0.05) is 0 Å². The number of aliphatic hydroxyl groups excluding tert-OH is 1. The third-order valence-electron chi connectivity index (χ3n) is 5.92. The van der Waals surface area contributed by atoms with Crippen LogP contribution in [0.25, 0.3) is 16.6 Å². The zero-order valence-electron chi connectivity index (χ0n) is 17.0. The number of hydrogen-bond donors (Lipinski definition) is 2. The maximum Gasteiger partial charge on any atom is 0.228 e. The van der Waals surface area contributed by atoms with Gasteiger partial charge in [-0.2, -0.15) is 5.10 Å².